The monoisotopic (exact) mass is 147 g/mol. The molecule has 0 saturated carbocycles. The van der Waals surface area contributed by atoms with E-state index in [0.29, 0.717) is 6.42 Å². The molecule has 0 rings (SSSR count). The largest absolute Gasteiger partial charge is 0.359 e. The molecular weight excluding hydrogens is 134 g/mol. The maximum absolute atomic E-state index is 10.6. The lowest BCUT2D eigenvalue weighted by Gasteiger charge is -1.95. The van der Waals surface area contributed by atoms with Crippen molar-refractivity contribution in [2.45, 2.75) is 19.3 Å². The van der Waals surface area contributed by atoms with Gasteiger partial charge in [0.2, 0.25) is 5.91 Å². The van der Waals surface area contributed by atoms with Gasteiger partial charge >= 0.3 is 0 Å². The van der Waals surface area contributed by atoms with Gasteiger partial charge in [0, 0.05) is 13.5 Å². The number of nitrogens with one attached hydrogen (secondary N) is 1. The van der Waals surface area contributed by atoms with E-state index in [9.17, 15) is 4.79 Å². The van der Waals surface area contributed by atoms with Gasteiger partial charge in [-0.1, -0.05) is 0 Å². The predicted molar refractivity (Wildman–Crippen MR) is 41.8 cm³/mol. The summed E-state index contributed by atoms with van der Waals surface area (Å²) in [5.41, 5.74) is 0. The number of rotatable bonds is 4. The summed E-state index contributed by atoms with van der Waals surface area (Å²) in [7, 11) is 1.66. The van der Waals surface area contributed by atoms with Gasteiger partial charge in [-0.05, 0) is 18.6 Å². The van der Waals surface area contributed by atoms with Crippen molar-refractivity contribution in [3.63, 3.8) is 0 Å². The third-order valence-corrected chi connectivity index (χ3v) is 1.41. The average Bonchev–Trinajstić information content (AvgIpc) is 1.89. The first-order valence-corrected chi connectivity index (χ1v) is 3.76. The van der Waals surface area contributed by atoms with Gasteiger partial charge in [-0.2, -0.15) is 12.6 Å². The highest BCUT2D eigenvalue weighted by atomic mass is 32.1. The molecule has 0 aromatic rings. The molecular formula is C6H13NOS. The maximum atomic E-state index is 10.6. The van der Waals surface area contributed by atoms with E-state index in [1.54, 1.807) is 7.05 Å². The molecule has 0 heterocycles. The third kappa shape index (κ3) is 5.69. The van der Waals surface area contributed by atoms with Crippen LogP contribution in [0.4, 0.5) is 0 Å². The maximum Gasteiger partial charge on any atom is 0.219 e. The minimum Gasteiger partial charge on any atom is -0.359 e. The topological polar surface area (TPSA) is 29.1 Å². The Balaban J connectivity index is 2.97. The second-order valence-electron chi connectivity index (χ2n) is 1.85. The highest BCUT2D eigenvalue weighted by Crippen LogP contribution is 1.95. The van der Waals surface area contributed by atoms with Crippen LogP contribution in [0.15, 0.2) is 0 Å². The molecule has 1 amide bonds. The highest BCUT2D eigenvalue weighted by Gasteiger charge is 1.94. The van der Waals surface area contributed by atoms with E-state index in [1.807, 2.05) is 0 Å². The SMILES string of the molecule is CNC(=O)CCCCS. The Hall–Kier alpha value is -0.180. The molecule has 0 aromatic heterocycles. The van der Waals surface area contributed by atoms with E-state index < -0.39 is 0 Å². The first-order valence-electron chi connectivity index (χ1n) is 3.12. The third-order valence-electron chi connectivity index (χ3n) is 1.09. The molecule has 0 aromatic carbocycles. The van der Waals surface area contributed by atoms with Crippen molar-refractivity contribution < 1.29 is 4.79 Å². The number of carbonyl (C=O) groups is 1. The molecule has 0 bridgehead atoms. The van der Waals surface area contributed by atoms with Crippen LogP contribution in [0.25, 0.3) is 0 Å². The fraction of sp³-hybridized carbons (Fsp3) is 0.833. The van der Waals surface area contributed by atoms with Gasteiger partial charge < -0.3 is 5.32 Å². The van der Waals surface area contributed by atoms with Crippen molar-refractivity contribution in [3.8, 4) is 0 Å². The lowest BCUT2D eigenvalue weighted by molar-refractivity contribution is -0.120. The van der Waals surface area contributed by atoms with Crippen molar-refractivity contribution in [3.05, 3.63) is 0 Å². The Bertz CT molecular complexity index is 85.1. The molecule has 0 saturated heterocycles. The number of hydrogen-bond donors (Lipinski definition) is 2. The number of thiol groups is 1. The normalized spacial score (nSPS) is 9.11. The zero-order chi connectivity index (χ0) is 7.11. The summed E-state index contributed by atoms with van der Waals surface area (Å²) >= 11 is 4.02. The number of hydrogen-bond acceptors (Lipinski definition) is 2. The molecule has 0 aliphatic rings. The fourth-order valence-corrected chi connectivity index (χ4v) is 0.746. The molecule has 0 aliphatic heterocycles. The van der Waals surface area contributed by atoms with Crippen LogP contribution in [0, 0.1) is 0 Å². The number of unbranched alkanes of at least 4 members (excludes halogenated alkanes) is 1. The average molecular weight is 147 g/mol. The molecule has 2 nitrogen and oxygen atoms in total. The van der Waals surface area contributed by atoms with Crippen LogP contribution >= 0.6 is 12.6 Å². The van der Waals surface area contributed by atoms with Crippen LogP contribution < -0.4 is 5.32 Å². The van der Waals surface area contributed by atoms with Gasteiger partial charge in [0.15, 0.2) is 0 Å². The van der Waals surface area contributed by atoms with Gasteiger partial charge in [0.25, 0.3) is 0 Å². The van der Waals surface area contributed by atoms with Gasteiger partial charge in [-0.3, -0.25) is 4.79 Å². The van der Waals surface area contributed by atoms with E-state index in [-0.39, 0.29) is 5.91 Å². The van der Waals surface area contributed by atoms with Crippen molar-refractivity contribution in [2.75, 3.05) is 12.8 Å². The van der Waals surface area contributed by atoms with Gasteiger partial charge in [-0.25, -0.2) is 0 Å². The van der Waals surface area contributed by atoms with Crippen LogP contribution in [-0.2, 0) is 4.79 Å². The standard InChI is InChI=1S/C6H13NOS/c1-7-6(8)4-2-3-5-9/h9H,2-5H2,1H3,(H,7,8). The zero-order valence-corrected chi connectivity index (χ0v) is 6.58. The first-order chi connectivity index (χ1) is 4.31. The van der Waals surface area contributed by atoms with Crippen LogP contribution in [0.2, 0.25) is 0 Å². The Labute approximate surface area is 61.4 Å². The zero-order valence-electron chi connectivity index (χ0n) is 5.68. The fourth-order valence-electron chi connectivity index (χ4n) is 0.522. The van der Waals surface area contributed by atoms with Crippen LogP contribution in [0.1, 0.15) is 19.3 Å². The molecule has 0 fully saturated rings. The minimum absolute atomic E-state index is 0.122. The smallest absolute Gasteiger partial charge is 0.219 e. The Morgan fingerprint density at radius 1 is 1.56 bits per heavy atom. The summed E-state index contributed by atoms with van der Waals surface area (Å²) in [6.45, 7) is 0. The van der Waals surface area contributed by atoms with Crippen LogP contribution in [0.5, 0.6) is 0 Å². The minimum atomic E-state index is 0.122. The van der Waals surface area contributed by atoms with E-state index in [1.165, 1.54) is 0 Å². The summed E-state index contributed by atoms with van der Waals surface area (Å²) in [4.78, 5) is 10.6. The lowest BCUT2D eigenvalue weighted by atomic mass is 10.2. The number of amides is 1. The van der Waals surface area contributed by atoms with Crippen molar-refractivity contribution >= 4 is 18.5 Å². The molecule has 3 heteroatoms. The van der Waals surface area contributed by atoms with Crippen LogP contribution in [0.3, 0.4) is 0 Å². The molecule has 0 aliphatic carbocycles. The number of carbonyl (C=O) groups excluding carboxylic acids is 1. The highest BCUT2D eigenvalue weighted by molar-refractivity contribution is 7.80. The van der Waals surface area contributed by atoms with E-state index in [0.717, 1.165) is 18.6 Å². The van der Waals surface area contributed by atoms with Crippen molar-refractivity contribution in [2.24, 2.45) is 0 Å². The predicted octanol–water partition coefficient (Wildman–Crippen LogP) is 0.833. The molecule has 1 N–H and O–H groups in total. The summed E-state index contributed by atoms with van der Waals surface area (Å²) in [5.74, 6) is 0.994. The first kappa shape index (κ1) is 8.82. The van der Waals surface area contributed by atoms with Gasteiger partial charge in [-0.15, -0.1) is 0 Å². The van der Waals surface area contributed by atoms with E-state index in [2.05, 4.69) is 17.9 Å². The molecule has 0 radical (unpaired) electrons. The van der Waals surface area contributed by atoms with Gasteiger partial charge in [0.1, 0.15) is 0 Å². The van der Waals surface area contributed by atoms with Gasteiger partial charge in [0.05, 0.1) is 0 Å². The Morgan fingerprint density at radius 3 is 2.67 bits per heavy atom. The molecule has 0 unspecified atom stereocenters. The summed E-state index contributed by atoms with van der Waals surface area (Å²) in [5, 5.41) is 2.56. The summed E-state index contributed by atoms with van der Waals surface area (Å²) in [6, 6.07) is 0. The van der Waals surface area contributed by atoms with E-state index >= 15 is 0 Å². The quantitative estimate of drug-likeness (QED) is 0.447. The van der Waals surface area contributed by atoms with Crippen molar-refractivity contribution in [1.29, 1.82) is 0 Å². The molecule has 9 heavy (non-hydrogen) atoms. The Kier molecular flexibility index (Phi) is 5.83. The Morgan fingerprint density at radius 2 is 2.22 bits per heavy atom. The lowest BCUT2D eigenvalue weighted by Crippen LogP contribution is -2.16. The molecule has 54 valence electrons. The second kappa shape index (κ2) is 5.95. The summed E-state index contributed by atoms with van der Waals surface area (Å²) in [6.07, 6.45) is 2.61. The van der Waals surface area contributed by atoms with Crippen molar-refractivity contribution in [1.82, 2.24) is 5.32 Å². The van der Waals surface area contributed by atoms with E-state index in [4.69, 9.17) is 0 Å². The van der Waals surface area contributed by atoms with Crippen LogP contribution in [-0.4, -0.2) is 18.7 Å². The summed E-state index contributed by atoms with van der Waals surface area (Å²) < 4.78 is 0. The molecule has 0 spiro atoms. The molecule has 0 atom stereocenters. The second-order valence-corrected chi connectivity index (χ2v) is 2.30.